The van der Waals surface area contributed by atoms with Crippen LogP contribution in [0.25, 0.3) is 0 Å². The van der Waals surface area contributed by atoms with Crippen molar-refractivity contribution in [2.45, 2.75) is 31.0 Å². The summed E-state index contributed by atoms with van der Waals surface area (Å²) in [6.45, 7) is 0.274. The van der Waals surface area contributed by atoms with Crippen molar-refractivity contribution in [2.75, 3.05) is 6.54 Å². The van der Waals surface area contributed by atoms with Crippen LogP contribution in [0.5, 0.6) is 0 Å². The molecule has 0 aromatic heterocycles. The van der Waals surface area contributed by atoms with Crippen molar-refractivity contribution < 1.29 is 9.50 Å². The second-order valence-corrected chi connectivity index (χ2v) is 3.80. The molecule has 2 bridgehead atoms. The van der Waals surface area contributed by atoms with Crippen molar-refractivity contribution in [2.24, 2.45) is 11.1 Å². The smallest absolute Gasteiger partial charge is 0.113 e. The molecule has 0 heterocycles. The highest BCUT2D eigenvalue weighted by molar-refractivity contribution is 5.85. The van der Waals surface area contributed by atoms with Crippen LogP contribution in [0.1, 0.15) is 19.3 Å². The Bertz CT molecular complexity index is 156. The molecule has 0 aromatic rings. The summed E-state index contributed by atoms with van der Waals surface area (Å²) in [7, 11) is 0. The molecular formula is C7H13ClFNO. The molecule has 3 fully saturated rings. The fraction of sp³-hybridized carbons (Fsp3) is 1.00. The maximum absolute atomic E-state index is 12.9. The Labute approximate surface area is 71.4 Å². The highest BCUT2D eigenvalue weighted by atomic mass is 35.5. The zero-order chi connectivity index (χ0) is 7.41. The van der Waals surface area contributed by atoms with Crippen molar-refractivity contribution in [3.63, 3.8) is 0 Å². The van der Waals surface area contributed by atoms with Crippen LogP contribution < -0.4 is 5.73 Å². The van der Waals surface area contributed by atoms with Crippen LogP contribution >= 0.6 is 12.4 Å². The van der Waals surface area contributed by atoms with Gasteiger partial charge in [-0.3, -0.25) is 0 Å². The third kappa shape index (κ3) is 0.983. The van der Waals surface area contributed by atoms with Crippen molar-refractivity contribution in [1.82, 2.24) is 0 Å². The molecular weight excluding hydrogens is 169 g/mol. The van der Waals surface area contributed by atoms with E-state index >= 15 is 0 Å². The lowest BCUT2D eigenvalue weighted by atomic mass is 9.40. The summed E-state index contributed by atoms with van der Waals surface area (Å²) in [4.78, 5) is 0. The SMILES string of the molecule is Cl.NCC(O)C12CC(F)(C1)C2. The molecule has 1 unspecified atom stereocenters. The van der Waals surface area contributed by atoms with Crippen molar-refractivity contribution in [3.8, 4) is 0 Å². The van der Waals surface area contributed by atoms with E-state index in [1.165, 1.54) is 0 Å². The number of halogens is 2. The third-order valence-corrected chi connectivity index (χ3v) is 2.94. The summed E-state index contributed by atoms with van der Waals surface area (Å²) in [5.41, 5.74) is 4.25. The Balaban J connectivity index is 0.000000605. The summed E-state index contributed by atoms with van der Waals surface area (Å²) in [5.74, 6) is 0. The molecule has 0 aromatic carbocycles. The van der Waals surface area contributed by atoms with Crippen LogP contribution in [0, 0.1) is 5.41 Å². The molecule has 1 atom stereocenters. The van der Waals surface area contributed by atoms with Gasteiger partial charge in [-0.05, 0) is 19.3 Å². The van der Waals surface area contributed by atoms with Gasteiger partial charge in [-0.25, -0.2) is 4.39 Å². The second-order valence-electron chi connectivity index (χ2n) is 3.80. The van der Waals surface area contributed by atoms with Gasteiger partial charge in [0.2, 0.25) is 0 Å². The largest absolute Gasteiger partial charge is 0.391 e. The van der Waals surface area contributed by atoms with Crippen molar-refractivity contribution >= 4 is 12.4 Å². The highest BCUT2D eigenvalue weighted by Gasteiger charge is 2.71. The van der Waals surface area contributed by atoms with E-state index in [-0.39, 0.29) is 24.4 Å². The van der Waals surface area contributed by atoms with Crippen LogP contribution in [0.4, 0.5) is 4.39 Å². The van der Waals surface area contributed by atoms with Crippen LogP contribution in [0.15, 0.2) is 0 Å². The minimum Gasteiger partial charge on any atom is -0.391 e. The normalized spacial score (nSPS) is 48.3. The molecule has 3 aliphatic rings. The lowest BCUT2D eigenvalue weighted by Gasteiger charge is -2.67. The Kier molecular flexibility index (Phi) is 1.94. The topological polar surface area (TPSA) is 46.2 Å². The van der Waals surface area contributed by atoms with Gasteiger partial charge < -0.3 is 10.8 Å². The predicted molar refractivity (Wildman–Crippen MR) is 42.4 cm³/mol. The first-order chi connectivity index (χ1) is 4.60. The van der Waals surface area contributed by atoms with E-state index in [4.69, 9.17) is 5.73 Å². The number of rotatable bonds is 2. The molecule has 0 amide bonds. The van der Waals surface area contributed by atoms with Gasteiger partial charge in [0.05, 0.1) is 6.10 Å². The maximum Gasteiger partial charge on any atom is 0.113 e. The molecule has 3 N–H and O–H groups in total. The minimum atomic E-state index is -0.907. The predicted octanol–water partition coefficient (Wildman–Crippen LogP) is 0.620. The molecule has 0 spiro atoms. The van der Waals surface area contributed by atoms with E-state index in [9.17, 15) is 9.50 Å². The van der Waals surface area contributed by atoms with E-state index in [0.29, 0.717) is 19.3 Å². The molecule has 4 heteroatoms. The number of alkyl halides is 1. The summed E-state index contributed by atoms with van der Waals surface area (Å²) in [6.07, 6.45) is 1.15. The van der Waals surface area contributed by atoms with E-state index in [1.54, 1.807) is 0 Å². The molecule has 3 saturated carbocycles. The van der Waals surface area contributed by atoms with E-state index in [2.05, 4.69) is 0 Å². The monoisotopic (exact) mass is 181 g/mol. The number of hydrogen-bond acceptors (Lipinski definition) is 2. The molecule has 3 aliphatic carbocycles. The van der Waals surface area contributed by atoms with Crippen LogP contribution in [0.3, 0.4) is 0 Å². The van der Waals surface area contributed by atoms with Gasteiger partial charge in [-0.1, -0.05) is 0 Å². The van der Waals surface area contributed by atoms with Gasteiger partial charge in [0, 0.05) is 12.0 Å². The molecule has 66 valence electrons. The van der Waals surface area contributed by atoms with Gasteiger partial charge in [0.25, 0.3) is 0 Å². The van der Waals surface area contributed by atoms with Gasteiger partial charge in [-0.2, -0.15) is 0 Å². The molecule has 0 aliphatic heterocycles. The van der Waals surface area contributed by atoms with Gasteiger partial charge >= 0.3 is 0 Å². The first-order valence-electron chi connectivity index (χ1n) is 3.67. The van der Waals surface area contributed by atoms with Gasteiger partial charge in [0.1, 0.15) is 5.67 Å². The number of aliphatic hydroxyl groups excluding tert-OH is 1. The standard InChI is InChI=1S/C7H12FNO.ClH/c8-7-2-6(3-7,4-7)5(10)1-9;/h5,10H,1-4,9H2;1H. The average molecular weight is 182 g/mol. The molecule has 2 nitrogen and oxygen atoms in total. The Morgan fingerprint density at radius 3 is 2.18 bits per heavy atom. The lowest BCUT2D eigenvalue weighted by molar-refractivity contribution is -0.256. The second kappa shape index (κ2) is 2.31. The molecule has 0 saturated heterocycles. The van der Waals surface area contributed by atoms with Crippen molar-refractivity contribution in [1.29, 1.82) is 0 Å². The average Bonchev–Trinajstić information content (AvgIpc) is 1.77. The Hall–Kier alpha value is 0.140. The van der Waals surface area contributed by atoms with Crippen LogP contribution in [-0.4, -0.2) is 23.4 Å². The van der Waals surface area contributed by atoms with Crippen LogP contribution in [-0.2, 0) is 0 Å². The number of nitrogens with two attached hydrogens (primary N) is 1. The molecule has 11 heavy (non-hydrogen) atoms. The van der Waals surface area contributed by atoms with Gasteiger partial charge in [0.15, 0.2) is 0 Å². The van der Waals surface area contributed by atoms with E-state index < -0.39 is 11.8 Å². The zero-order valence-electron chi connectivity index (χ0n) is 6.22. The van der Waals surface area contributed by atoms with E-state index in [1.807, 2.05) is 0 Å². The number of aliphatic hydroxyl groups is 1. The van der Waals surface area contributed by atoms with Crippen molar-refractivity contribution in [3.05, 3.63) is 0 Å². The lowest BCUT2D eigenvalue weighted by Crippen LogP contribution is -2.70. The highest BCUT2D eigenvalue weighted by Crippen LogP contribution is 2.70. The number of hydrogen-bond donors (Lipinski definition) is 2. The molecule has 0 radical (unpaired) electrons. The third-order valence-electron chi connectivity index (χ3n) is 2.94. The zero-order valence-corrected chi connectivity index (χ0v) is 7.03. The summed E-state index contributed by atoms with van der Waals surface area (Å²) < 4.78 is 12.9. The quantitative estimate of drug-likeness (QED) is 0.656. The van der Waals surface area contributed by atoms with Gasteiger partial charge in [-0.15, -0.1) is 12.4 Å². The first kappa shape index (κ1) is 9.23. The van der Waals surface area contributed by atoms with E-state index in [0.717, 1.165) is 0 Å². The molecule has 3 rings (SSSR count). The fourth-order valence-corrected chi connectivity index (χ4v) is 2.34. The first-order valence-corrected chi connectivity index (χ1v) is 3.67. The fourth-order valence-electron chi connectivity index (χ4n) is 2.34. The Morgan fingerprint density at radius 2 is 1.91 bits per heavy atom. The summed E-state index contributed by atoms with van der Waals surface area (Å²) >= 11 is 0. The minimum absolute atomic E-state index is 0. The summed E-state index contributed by atoms with van der Waals surface area (Å²) in [5, 5.41) is 9.30. The maximum atomic E-state index is 12.9. The summed E-state index contributed by atoms with van der Waals surface area (Å²) in [6, 6.07) is 0. The van der Waals surface area contributed by atoms with Crippen LogP contribution in [0.2, 0.25) is 0 Å². The Morgan fingerprint density at radius 1 is 1.45 bits per heavy atom.